The lowest BCUT2D eigenvalue weighted by atomic mass is 9.82. The molecule has 1 atom stereocenters. The van der Waals surface area contributed by atoms with Gasteiger partial charge in [0.25, 0.3) is 5.92 Å². The molecule has 21 heavy (non-hydrogen) atoms. The third-order valence-corrected chi connectivity index (χ3v) is 4.01. The van der Waals surface area contributed by atoms with Crippen LogP contribution in [0.1, 0.15) is 31.4 Å². The molecule has 1 aliphatic rings. The van der Waals surface area contributed by atoms with Crippen LogP contribution >= 0.6 is 0 Å². The molecule has 0 aliphatic carbocycles. The number of aryl methyl sites for hydroxylation is 1. The molecule has 0 aromatic heterocycles. The van der Waals surface area contributed by atoms with Crippen LogP contribution in [0.4, 0.5) is 8.78 Å². The molecule has 5 heteroatoms. The van der Waals surface area contributed by atoms with Gasteiger partial charge in [0, 0.05) is 18.4 Å². The minimum atomic E-state index is -2.78. The van der Waals surface area contributed by atoms with Crippen LogP contribution in [-0.4, -0.2) is 31.0 Å². The van der Waals surface area contributed by atoms with E-state index in [-0.39, 0.29) is 11.3 Å². The maximum absolute atomic E-state index is 13.1. The summed E-state index contributed by atoms with van der Waals surface area (Å²) in [5.74, 6) is -3.14. The normalized spacial score (nSPS) is 21.3. The lowest BCUT2D eigenvalue weighted by Crippen LogP contribution is -2.45. The molecule has 0 saturated carbocycles. The van der Waals surface area contributed by atoms with Gasteiger partial charge in [0.1, 0.15) is 0 Å². The Labute approximate surface area is 124 Å². The predicted octanol–water partition coefficient (Wildman–Crippen LogP) is 2.39. The highest BCUT2D eigenvalue weighted by Gasteiger charge is 2.42. The Morgan fingerprint density at radius 2 is 2.10 bits per heavy atom. The van der Waals surface area contributed by atoms with Crippen LogP contribution in [0, 0.1) is 6.92 Å². The van der Waals surface area contributed by atoms with Crippen molar-refractivity contribution >= 4 is 5.91 Å². The average Bonchev–Trinajstić information content (AvgIpc) is 2.77. The van der Waals surface area contributed by atoms with E-state index in [4.69, 9.17) is 0 Å². The highest BCUT2D eigenvalue weighted by molar-refractivity contribution is 5.82. The molecule has 2 N–H and O–H groups in total. The van der Waals surface area contributed by atoms with E-state index >= 15 is 0 Å². The maximum Gasteiger partial charge on any atom is 0.262 e. The quantitative estimate of drug-likeness (QED) is 0.896. The summed E-state index contributed by atoms with van der Waals surface area (Å²) in [7, 11) is 0. The summed E-state index contributed by atoms with van der Waals surface area (Å²) in [6.45, 7) is 6.09. The molecule has 1 unspecified atom stereocenters. The van der Waals surface area contributed by atoms with Gasteiger partial charge in [0.2, 0.25) is 5.91 Å². The number of amides is 1. The van der Waals surface area contributed by atoms with E-state index in [9.17, 15) is 13.6 Å². The topological polar surface area (TPSA) is 41.1 Å². The summed E-state index contributed by atoms with van der Waals surface area (Å²) >= 11 is 0. The molecule has 116 valence electrons. The first-order chi connectivity index (χ1) is 9.71. The molecule has 1 amide bonds. The fourth-order valence-corrected chi connectivity index (χ4v) is 2.76. The van der Waals surface area contributed by atoms with Gasteiger partial charge in [-0.25, -0.2) is 8.78 Å². The molecule has 1 aromatic carbocycles. The van der Waals surface area contributed by atoms with E-state index in [0.717, 1.165) is 11.1 Å². The largest absolute Gasteiger partial charge is 0.354 e. The van der Waals surface area contributed by atoms with Crippen molar-refractivity contribution in [2.75, 3.05) is 13.1 Å². The molecule has 2 rings (SSSR count). The van der Waals surface area contributed by atoms with Crippen molar-refractivity contribution in [2.45, 2.75) is 44.6 Å². The first-order valence-corrected chi connectivity index (χ1v) is 7.16. The van der Waals surface area contributed by atoms with Crippen molar-refractivity contribution in [2.24, 2.45) is 0 Å². The van der Waals surface area contributed by atoms with Crippen LogP contribution in [0.3, 0.4) is 0 Å². The SMILES string of the molecule is Cc1ccccc1C(C)(C)CNC(=O)C1CC(F)(F)CN1. The van der Waals surface area contributed by atoms with Gasteiger partial charge in [-0.15, -0.1) is 0 Å². The molecule has 1 fully saturated rings. The van der Waals surface area contributed by atoms with Crippen molar-refractivity contribution in [3.63, 3.8) is 0 Å². The molecule has 0 bridgehead atoms. The third kappa shape index (κ3) is 3.79. The van der Waals surface area contributed by atoms with Crippen LogP contribution in [0.15, 0.2) is 24.3 Å². The zero-order valence-electron chi connectivity index (χ0n) is 12.7. The van der Waals surface area contributed by atoms with Gasteiger partial charge < -0.3 is 5.32 Å². The zero-order chi connectivity index (χ0) is 15.7. The summed E-state index contributed by atoms with van der Waals surface area (Å²) in [5.41, 5.74) is 2.06. The van der Waals surface area contributed by atoms with Gasteiger partial charge in [-0.2, -0.15) is 0 Å². The zero-order valence-corrected chi connectivity index (χ0v) is 12.7. The van der Waals surface area contributed by atoms with Gasteiger partial charge in [-0.05, 0) is 18.1 Å². The van der Waals surface area contributed by atoms with E-state index in [1.54, 1.807) is 0 Å². The molecular weight excluding hydrogens is 274 g/mol. The van der Waals surface area contributed by atoms with Crippen LogP contribution in [-0.2, 0) is 10.2 Å². The predicted molar refractivity (Wildman–Crippen MR) is 78.6 cm³/mol. The Bertz CT molecular complexity index is 529. The number of carbonyl (C=O) groups excluding carboxylic acids is 1. The molecular formula is C16H22F2N2O. The number of benzene rings is 1. The first kappa shape index (κ1) is 15.9. The van der Waals surface area contributed by atoms with Crippen molar-refractivity contribution in [1.29, 1.82) is 0 Å². The smallest absolute Gasteiger partial charge is 0.262 e. The number of hydrogen-bond donors (Lipinski definition) is 2. The summed E-state index contributed by atoms with van der Waals surface area (Å²) < 4.78 is 26.2. The second-order valence-electron chi connectivity index (χ2n) is 6.41. The van der Waals surface area contributed by atoms with Crippen molar-refractivity contribution in [3.05, 3.63) is 35.4 Å². The second kappa shape index (κ2) is 5.72. The Kier molecular flexibility index (Phi) is 4.33. The summed E-state index contributed by atoms with van der Waals surface area (Å²) in [5, 5.41) is 5.37. The number of halogens is 2. The molecule has 0 radical (unpaired) electrons. The third-order valence-electron chi connectivity index (χ3n) is 4.01. The van der Waals surface area contributed by atoms with Gasteiger partial charge in [-0.1, -0.05) is 38.1 Å². The molecule has 1 aromatic rings. The minimum absolute atomic E-state index is 0.248. The van der Waals surface area contributed by atoms with Crippen molar-refractivity contribution in [1.82, 2.24) is 10.6 Å². The van der Waals surface area contributed by atoms with E-state index in [0.29, 0.717) is 6.54 Å². The lowest BCUT2D eigenvalue weighted by molar-refractivity contribution is -0.123. The molecule has 1 saturated heterocycles. The highest BCUT2D eigenvalue weighted by Crippen LogP contribution is 2.27. The Morgan fingerprint density at radius 3 is 2.67 bits per heavy atom. The Balaban J connectivity index is 1.96. The van der Waals surface area contributed by atoms with E-state index in [2.05, 4.69) is 10.6 Å². The van der Waals surface area contributed by atoms with Crippen LogP contribution < -0.4 is 10.6 Å². The Hall–Kier alpha value is -1.49. The van der Waals surface area contributed by atoms with Gasteiger partial charge >= 0.3 is 0 Å². The second-order valence-corrected chi connectivity index (χ2v) is 6.41. The van der Waals surface area contributed by atoms with E-state index in [1.807, 2.05) is 45.0 Å². The van der Waals surface area contributed by atoms with Crippen LogP contribution in [0.5, 0.6) is 0 Å². The number of carbonyl (C=O) groups is 1. The average molecular weight is 296 g/mol. The molecule has 0 spiro atoms. The van der Waals surface area contributed by atoms with Crippen LogP contribution in [0.2, 0.25) is 0 Å². The summed E-state index contributed by atoms with van der Waals surface area (Å²) in [6.07, 6.45) is -0.427. The minimum Gasteiger partial charge on any atom is -0.354 e. The standard InChI is InChI=1S/C16H22F2N2O/c1-11-6-4-5-7-12(11)15(2,3)9-20-14(21)13-8-16(17,18)10-19-13/h4-7,13,19H,8-10H2,1-3H3,(H,20,21). The van der Waals surface area contributed by atoms with Gasteiger partial charge in [-0.3, -0.25) is 10.1 Å². The highest BCUT2D eigenvalue weighted by atomic mass is 19.3. The maximum atomic E-state index is 13.1. The number of nitrogens with one attached hydrogen (secondary N) is 2. The van der Waals surface area contributed by atoms with Crippen LogP contribution in [0.25, 0.3) is 0 Å². The number of alkyl halides is 2. The molecule has 1 aliphatic heterocycles. The van der Waals surface area contributed by atoms with Crippen molar-refractivity contribution in [3.8, 4) is 0 Å². The fourth-order valence-electron chi connectivity index (χ4n) is 2.76. The summed E-state index contributed by atoms with van der Waals surface area (Å²) in [4.78, 5) is 12.0. The number of rotatable bonds is 4. The summed E-state index contributed by atoms with van der Waals surface area (Å²) in [6, 6.07) is 7.19. The fraction of sp³-hybridized carbons (Fsp3) is 0.562. The van der Waals surface area contributed by atoms with E-state index in [1.165, 1.54) is 0 Å². The van der Waals surface area contributed by atoms with E-state index < -0.39 is 24.9 Å². The van der Waals surface area contributed by atoms with Gasteiger partial charge in [0.15, 0.2) is 0 Å². The number of hydrogen-bond acceptors (Lipinski definition) is 2. The molecule has 1 heterocycles. The molecule has 3 nitrogen and oxygen atoms in total. The Morgan fingerprint density at radius 1 is 1.43 bits per heavy atom. The monoisotopic (exact) mass is 296 g/mol. The van der Waals surface area contributed by atoms with Gasteiger partial charge in [0.05, 0.1) is 12.6 Å². The van der Waals surface area contributed by atoms with Crippen molar-refractivity contribution < 1.29 is 13.6 Å². The lowest BCUT2D eigenvalue weighted by Gasteiger charge is -2.28. The first-order valence-electron chi connectivity index (χ1n) is 7.16.